The van der Waals surface area contributed by atoms with Gasteiger partial charge in [0.25, 0.3) is 0 Å². The van der Waals surface area contributed by atoms with Crippen LogP contribution in [0.1, 0.15) is 87.5 Å². The van der Waals surface area contributed by atoms with Gasteiger partial charge in [-0.2, -0.15) is 0 Å². The van der Waals surface area contributed by atoms with Crippen LogP contribution in [0.5, 0.6) is 0 Å². The van der Waals surface area contributed by atoms with Gasteiger partial charge in [0.15, 0.2) is 0 Å². The molecule has 12 nitrogen and oxygen atoms in total. The third-order valence-electron chi connectivity index (χ3n) is 12.6. The monoisotopic (exact) mass is 908 g/mol. The van der Waals surface area contributed by atoms with E-state index >= 15 is 0 Å². The van der Waals surface area contributed by atoms with Gasteiger partial charge in [-0.25, -0.2) is 9.59 Å². The molecule has 0 saturated carbocycles. The second-order valence-electron chi connectivity index (χ2n) is 16.6. The van der Waals surface area contributed by atoms with Gasteiger partial charge in [0, 0.05) is 35.7 Å². The lowest BCUT2D eigenvalue weighted by Crippen LogP contribution is -2.54. The maximum atomic E-state index is 13.9. The summed E-state index contributed by atoms with van der Waals surface area (Å²) in [4.78, 5) is 79.1. The average molecular weight is 909 g/mol. The minimum Gasteiger partial charge on any atom is -0.481 e. The molecule has 338 valence electrons. The van der Waals surface area contributed by atoms with Gasteiger partial charge in [0.05, 0.1) is 12.3 Å². The molecule has 4 aromatic carbocycles. The van der Waals surface area contributed by atoms with Crippen molar-refractivity contribution < 1.29 is 48.5 Å². The number of carbonyl (C=O) groups excluding carboxylic acids is 4. The number of ether oxygens (including phenoxy) is 2. The van der Waals surface area contributed by atoms with Crippen LogP contribution in [0.15, 0.2) is 97.1 Å². The molecule has 14 heteroatoms. The number of Topliss-reactive ketones (excluding diaryl/α,β-unsaturated/α-hetero) is 1. The lowest BCUT2D eigenvalue weighted by molar-refractivity contribution is -0.148. The number of esters is 1. The molecule has 64 heavy (non-hydrogen) atoms. The summed E-state index contributed by atoms with van der Waals surface area (Å²) < 4.78 is 11.6. The van der Waals surface area contributed by atoms with Crippen molar-refractivity contribution >= 4 is 57.3 Å². The molecule has 0 bridgehead atoms. The van der Waals surface area contributed by atoms with Crippen molar-refractivity contribution in [1.29, 1.82) is 0 Å². The molecular weight excluding hydrogens is 853 g/mol. The number of amides is 2. The number of carboxylic acid groups (broad SMARTS) is 2. The van der Waals surface area contributed by atoms with E-state index in [0.717, 1.165) is 55.3 Å². The van der Waals surface area contributed by atoms with Crippen molar-refractivity contribution in [2.24, 2.45) is 23.7 Å². The summed E-state index contributed by atoms with van der Waals surface area (Å²) in [6.07, 6.45) is -0.392. The molecule has 0 saturated heterocycles. The van der Waals surface area contributed by atoms with Gasteiger partial charge in [-0.05, 0) is 56.3 Å². The average Bonchev–Trinajstić information content (AvgIpc) is 3.80. The van der Waals surface area contributed by atoms with Crippen molar-refractivity contribution in [1.82, 2.24) is 10.6 Å². The number of nitrogens with one attached hydrogen (secondary N) is 2. The molecule has 0 aliphatic heterocycles. The highest BCUT2D eigenvalue weighted by Gasteiger charge is 2.35. The molecule has 6 unspecified atom stereocenters. The summed E-state index contributed by atoms with van der Waals surface area (Å²) >= 11 is 0. The van der Waals surface area contributed by atoms with E-state index in [-0.39, 0.29) is 55.3 Å². The molecule has 6 atom stereocenters. The molecule has 4 aromatic rings. The summed E-state index contributed by atoms with van der Waals surface area (Å²) in [7, 11) is 2.34. The summed E-state index contributed by atoms with van der Waals surface area (Å²) in [6, 6.07) is 29.2. The Morgan fingerprint density at radius 3 is 1.50 bits per heavy atom. The van der Waals surface area contributed by atoms with E-state index in [4.69, 9.17) is 9.47 Å². The predicted molar refractivity (Wildman–Crippen MR) is 249 cm³/mol. The molecule has 0 fully saturated rings. The van der Waals surface area contributed by atoms with Crippen molar-refractivity contribution in [2.45, 2.75) is 77.3 Å². The third-order valence-corrected chi connectivity index (χ3v) is 15.1. The lowest BCUT2D eigenvalue weighted by atomic mass is 9.84. The smallest absolute Gasteiger partial charge is 0.407 e. The minimum absolute atomic E-state index is 0.00560. The topological polar surface area (TPSA) is 185 Å². The third kappa shape index (κ3) is 11.4. The predicted octanol–water partition coefficient (Wildman–Crippen LogP) is 8.96. The Morgan fingerprint density at radius 2 is 1.05 bits per heavy atom. The van der Waals surface area contributed by atoms with Crippen molar-refractivity contribution in [3.63, 3.8) is 0 Å². The fourth-order valence-corrected chi connectivity index (χ4v) is 11.0. The van der Waals surface area contributed by atoms with Crippen molar-refractivity contribution in [3.05, 3.63) is 119 Å². The number of benzene rings is 4. The second kappa shape index (κ2) is 22.3. The maximum absolute atomic E-state index is 13.9. The zero-order valence-electron chi connectivity index (χ0n) is 36.5. The number of rotatable bonds is 23. The fourth-order valence-electron chi connectivity index (χ4n) is 8.49. The van der Waals surface area contributed by atoms with Crippen LogP contribution in [-0.4, -0.2) is 82.7 Å². The van der Waals surface area contributed by atoms with Gasteiger partial charge in [0.2, 0.25) is 5.91 Å². The highest BCUT2D eigenvalue weighted by molar-refractivity contribution is 8.76. The number of carboxylic acids is 2. The molecule has 2 aliphatic carbocycles. The van der Waals surface area contributed by atoms with Gasteiger partial charge in [-0.15, -0.1) is 0 Å². The van der Waals surface area contributed by atoms with Crippen LogP contribution < -0.4 is 10.6 Å². The molecule has 2 aliphatic rings. The SMILES string of the molecule is CCC(C)C(CC(=O)C(CSSCC(NC(=O)OCC1c2ccccc2-c2ccccc21)C(=O)NC(C(=O)O)C(C)CC)CC(=O)OCC1c2ccccc2-c2ccccc21)C(=O)O. The number of alkyl carbamates (subject to hydrolysis) is 1. The first-order valence-corrected chi connectivity index (χ1v) is 24.3. The van der Waals surface area contributed by atoms with Crippen LogP contribution >= 0.6 is 21.6 Å². The largest absolute Gasteiger partial charge is 0.481 e. The Balaban J connectivity index is 1.13. The molecular formula is C50H56N2O10S2. The number of hydrogen-bond acceptors (Lipinski definition) is 10. The number of fused-ring (bicyclic) bond motifs is 6. The molecule has 0 aromatic heterocycles. The molecule has 0 heterocycles. The summed E-state index contributed by atoms with van der Waals surface area (Å²) in [5.41, 5.74) is 8.35. The minimum atomic E-state index is -1.24. The molecule has 6 rings (SSSR count). The Bertz CT molecular complexity index is 2080. The maximum Gasteiger partial charge on any atom is 0.407 e. The fraction of sp³-hybridized carbons (Fsp3) is 0.400. The van der Waals surface area contributed by atoms with E-state index in [1.807, 2.05) is 111 Å². The summed E-state index contributed by atoms with van der Waals surface area (Å²) in [5.74, 6) is -6.96. The van der Waals surface area contributed by atoms with E-state index in [0.29, 0.717) is 12.8 Å². The standard InChI is InChI=1S/C50H56N2O10S2/c1-5-29(3)40(48(56)57)24-44(53)31(23-45(54)61-25-41-36-19-11-7-15-32(36)33-16-8-12-20-37(33)41)27-63-64-28-43(47(55)52-46(49(58)59)30(4)6-2)51-50(60)62-26-42-38-21-13-9-17-34(38)35-18-10-14-22-39(35)42/h7-22,29-31,40-43,46H,5-6,23-28H2,1-4H3,(H,51,60)(H,52,55)(H,56,57)(H,58,59). The first-order valence-electron chi connectivity index (χ1n) is 21.8. The van der Waals surface area contributed by atoms with Gasteiger partial charge < -0.3 is 30.3 Å². The zero-order valence-corrected chi connectivity index (χ0v) is 38.1. The van der Waals surface area contributed by atoms with E-state index in [1.54, 1.807) is 13.8 Å². The van der Waals surface area contributed by atoms with Crippen LogP contribution in [0, 0.1) is 23.7 Å². The molecule has 2 amide bonds. The van der Waals surface area contributed by atoms with Crippen LogP contribution in [0.25, 0.3) is 22.3 Å². The lowest BCUT2D eigenvalue weighted by Gasteiger charge is -2.24. The van der Waals surface area contributed by atoms with E-state index in [1.165, 1.54) is 10.8 Å². The highest BCUT2D eigenvalue weighted by atomic mass is 33.1. The number of carbonyl (C=O) groups is 6. The second-order valence-corrected chi connectivity index (χ2v) is 19.2. The molecule has 4 N–H and O–H groups in total. The summed E-state index contributed by atoms with van der Waals surface area (Å²) in [6.45, 7) is 7.22. The first-order chi connectivity index (χ1) is 30.8. The van der Waals surface area contributed by atoms with Crippen molar-refractivity contribution in [2.75, 3.05) is 24.7 Å². The Morgan fingerprint density at radius 1 is 0.594 bits per heavy atom. The quantitative estimate of drug-likeness (QED) is 0.0315. The number of ketones is 1. The van der Waals surface area contributed by atoms with Gasteiger partial charge >= 0.3 is 24.0 Å². The first kappa shape index (κ1) is 47.9. The van der Waals surface area contributed by atoms with Crippen LogP contribution in [-0.2, 0) is 33.4 Å². The van der Waals surface area contributed by atoms with Gasteiger partial charge in [0.1, 0.15) is 31.1 Å². The van der Waals surface area contributed by atoms with Crippen LogP contribution in [0.4, 0.5) is 4.79 Å². The summed E-state index contributed by atoms with van der Waals surface area (Å²) in [5, 5.41) is 25.2. The Hall–Kier alpha value is -5.60. The highest BCUT2D eigenvalue weighted by Crippen LogP contribution is 2.46. The van der Waals surface area contributed by atoms with Gasteiger partial charge in [-0.1, -0.05) is 159 Å². The van der Waals surface area contributed by atoms with E-state index < -0.39 is 65.5 Å². The zero-order chi connectivity index (χ0) is 45.9. The number of aliphatic carboxylic acids is 2. The van der Waals surface area contributed by atoms with Gasteiger partial charge in [-0.3, -0.25) is 19.2 Å². The Labute approximate surface area is 382 Å². The normalized spacial score (nSPS) is 15.5. The van der Waals surface area contributed by atoms with E-state index in [9.17, 15) is 39.0 Å². The van der Waals surface area contributed by atoms with Crippen LogP contribution in [0.3, 0.4) is 0 Å². The van der Waals surface area contributed by atoms with Crippen molar-refractivity contribution in [3.8, 4) is 22.3 Å². The Kier molecular flexibility index (Phi) is 16.7. The van der Waals surface area contributed by atoms with Crippen LogP contribution in [0.2, 0.25) is 0 Å². The molecule has 0 spiro atoms. The number of hydrogen-bond donors (Lipinski definition) is 4. The van der Waals surface area contributed by atoms with E-state index in [2.05, 4.69) is 10.6 Å². The molecule has 0 radical (unpaired) electrons.